The van der Waals surface area contributed by atoms with Crippen LogP contribution in [-0.2, 0) is 24.4 Å². The molecule has 0 saturated heterocycles. The van der Waals surface area contributed by atoms with E-state index in [1.54, 1.807) is 12.1 Å². The number of pyridine rings is 1. The second-order valence-electron chi connectivity index (χ2n) is 10.2. The minimum atomic E-state index is -0.946. The second-order valence-corrected chi connectivity index (χ2v) is 10.2. The zero-order valence-electron chi connectivity index (χ0n) is 23.3. The van der Waals surface area contributed by atoms with E-state index in [-0.39, 0.29) is 12.0 Å². The maximum absolute atomic E-state index is 11.2. The van der Waals surface area contributed by atoms with Crippen molar-refractivity contribution in [1.29, 1.82) is 0 Å². The van der Waals surface area contributed by atoms with Gasteiger partial charge in [0.2, 0.25) is 0 Å². The average molecular weight is 553 g/mol. The van der Waals surface area contributed by atoms with Crippen molar-refractivity contribution in [1.82, 2.24) is 9.88 Å². The molecule has 0 spiro atoms. The maximum Gasteiger partial charge on any atom is 0.335 e. The number of carbonyl (C=O) groups is 2. The van der Waals surface area contributed by atoms with Gasteiger partial charge < -0.3 is 14.9 Å². The monoisotopic (exact) mass is 552 g/mol. The summed E-state index contributed by atoms with van der Waals surface area (Å²) in [5.74, 6) is -0.889. The third-order valence-electron chi connectivity index (χ3n) is 6.95. The van der Waals surface area contributed by atoms with Gasteiger partial charge in [-0.25, -0.2) is 4.79 Å². The molecule has 1 heterocycles. The van der Waals surface area contributed by atoms with Gasteiger partial charge in [-0.2, -0.15) is 0 Å². The number of hydrogen-bond acceptors (Lipinski definition) is 5. The highest BCUT2D eigenvalue weighted by Gasteiger charge is 2.11. The summed E-state index contributed by atoms with van der Waals surface area (Å²) in [4.78, 5) is 28.9. The molecule has 41 heavy (non-hydrogen) atoms. The van der Waals surface area contributed by atoms with Gasteiger partial charge >= 0.3 is 11.9 Å². The molecule has 3 aromatic carbocycles. The van der Waals surface area contributed by atoms with Crippen LogP contribution in [0.15, 0.2) is 91.1 Å². The topological polar surface area (TPSA) is 100.0 Å². The van der Waals surface area contributed by atoms with Crippen LogP contribution in [0.2, 0.25) is 0 Å². The van der Waals surface area contributed by atoms with E-state index in [0.29, 0.717) is 19.6 Å². The van der Waals surface area contributed by atoms with E-state index in [0.717, 1.165) is 65.2 Å². The molecule has 0 radical (unpaired) electrons. The van der Waals surface area contributed by atoms with E-state index >= 15 is 0 Å². The van der Waals surface area contributed by atoms with Crippen molar-refractivity contribution in [3.63, 3.8) is 0 Å². The molecule has 0 amide bonds. The van der Waals surface area contributed by atoms with Crippen LogP contribution in [0.25, 0.3) is 11.3 Å². The van der Waals surface area contributed by atoms with Gasteiger partial charge in [-0.3, -0.25) is 14.7 Å². The summed E-state index contributed by atoms with van der Waals surface area (Å²) in [6.45, 7) is 4.63. The van der Waals surface area contributed by atoms with E-state index in [2.05, 4.69) is 46.3 Å². The first-order valence-electron chi connectivity index (χ1n) is 13.9. The van der Waals surface area contributed by atoms with Crippen molar-refractivity contribution in [3.8, 4) is 17.0 Å². The second kappa shape index (κ2) is 14.8. The molecule has 1 aromatic heterocycles. The molecular formula is C34H36N2O5. The maximum atomic E-state index is 11.2. The van der Waals surface area contributed by atoms with Crippen molar-refractivity contribution >= 4 is 11.9 Å². The molecule has 4 aromatic rings. The van der Waals surface area contributed by atoms with Gasteiger partial charge in [0, 0.05) is 31.3 Å². The van der Waals surface area contributed by atoms with Crippen molar-refractivity contribution in [3.05, 3.63) is 119 Å². The highest BCUT2D eigenvalue weighted by molar-refractivity contribution is 5.87. The highest BCUT2D eigenvalue weighted by Crippen LogP contribution is 2.23. The lowest BCUT2D eigenvalue weighted by Crippen LogP contribution is -2.27. The van der Waals surface area contributed by atoms with Crippen molar-refractivity contribution in [2.75, 3.05) is 13.1 Å². The van der Waals surface area contributed by atoms with Crippen molar-refractivity contribution in [2.45, 2.75) is 45.8 Å². The summed E-state index contributed by atoms with van der Waals surface area (Å²) in [7, 11) is 0. The summed E-state index contributed by atoms with van der Waals surface area (Å²) in [6, 6.07) is 27.3. The molecule has 7 heteroatoms. The number of unbranched alkanes of at least 4 members (excludes halogenated alkanes) is 1. The van der Waals surface area contributed by atoms with Gasteiger partial charge in [0.05, 0.1) is 11.3 Å². The van der Waals surface area contributed by atoms with Gasteiger partial charge in [0.15, 0.2) is 0 Å². The lowest BCUT2D eigenvalue weighted by Gasteiger charge is -2.23. The van der Waals surface area contributed by atoms with Gasteiger partial charge in [-0.15, -0.1) is 0 Å². The summed E-state index contributed by atoms with van der Waals surface area (Å²) >= 11 is 0. The van der Waals surface area contributed by atoms with Gasteiger partial charge in [0.25, 0.3) is 0 Å². The molecule has 212 valence electrons. The van der Waals surface area contributed by atoms with Gasteiger partial charge in [-0.1, -0.05) is 60.7 Å². The third-order valence-corrected chi connectivity index (χ3v) is 6.95. The SMILES string of the molecule is Cc1ccc(-c2ccc(COc3ccccc3CCN(CCCCC(=O)O)Cc3ccc(C(=O)O)cc3)cc2)nc1. The molecule has 4 rings (SSSR count). The Morgan fingerprint density at radius 2 is 1.56 bits per heavy atom. The Kier molecular flexibility index (Phi) is 10.6. The molecule has 0 bridgehead atoms. The molecule has 0 aliphatic rings. The number of aliphatic carboxylic acids is 1. The van der Waals surface area contributed by atoms with Crippen LogP contribution in [0, 0.1) is 6.92 Å². The Bertz CT molecular complexity index is 1420. The number of aromatic nitrogens is 1. The van der Waals surface area contributed by atoms with E-state index in [1.165, 1.54) is 0 Å². The Balaban J connectivity index is 1.37. The summed E-state index contributed by atoms with van der Waals surface area (Å²) in [5, 5.41) is 18.2. The molecule has 0 atom stereocenters. The van der Waals surface area contributed by atoms with Crippen molar-refractivity contribution < 1.29 is 24.5 Å². The number of para-hydroxylation sites is 1. The van der Waals surface area contributed by atoms with Crippen LogP contribution < -0.4 is 4.74 Å². The van der Waals surface area contributed by atoms with Crippen LogP contribution in [0.5, 0.6) is 5.75 Å². The van der Waals surface area contributed by atoms with E-state index in [9.17, 15) is 14.7 Å². The molecule has 0 saturated carbocycles. The lowest BCUT2D eigenvalue weighted by molar-refractivity contribution is -0.137. The minimum absolute atomic E-state index is 0.153. The van der Waals surface area contributed by atoms with Crippen LogP contribution in [0.4, 0.5) is 0 Å². The Morgan fingerprint density at radius 3 is 2.24 bits per heavy atom. The largest absolute Gasteiger partial charge is 0.489 e. The molecule has 2 N–H and O–H groups in total. The number of aromatic carboxylic acids is 1. The summed E-state index contributed by atoms with van der Waals surface area (Å²) < 4.78 is 6.24. The Hall–Kier alpha value is -4.49. The number of benzene rings is 3. The first-order chi connectivity index (χ1) is 19.9. The smallest absolute Gasteiger partial charge is 0.335 e. The number of carboxylic acid groups (broad SMARTS) is 2. The number of rotatable bonds is 15. The first-order valence-corrected chi connectivity index (χ1v) is 13.9. The molecule has 0 aliphatic carbocycles. The first kappa shape index (κ1) is 29.5. The standard InChI is InChI=1S/C34H36N2O5/c1-25-9-18-31(35-22-25)28-14-12-27(13-15-28)24-41-32-7-3-2-6-29(32)19-21-36(20-5-4-8-33(37)38)23-26-10-16-30(17-11-26)34(39)40/h2-3,6-7,9-18,22H,4-5,8,19-21,23-24H2,1H3,(H,37,38)(H,39,40). The number of nitrogens with zero attached hydrogens (tertiary/aromatic N) is 2. The number of ether oxygens (including phenoxy) is 1. The average Bonchev–Trinajstić information content (AvgIpc) is 2.98. The zero-order chi connectivity index (χ0) is 29.0. The number of hydrogen-bond donors (Lipinski definition) is 2. The van der Waals surface area contributed by atoms with E-state index in [1.807, 2.05) is 49.5 Å². The van der Waals surface area contributed by atoms with E-state index in [4.69, 9.17) is 9.84 Å². The fourth-order valence-electron chi connectivity index (χ4n) is 4.59. The fourth-order valence-corrected chi connectivity index (χ4v) is 4.59. The quantitative estimate of drug-likeness (QED) is 0.160. The number of carboxylic acids is 2. The predicted octanol–water partition coefficient (Wildman–Crippen LogP) is 6.63. The van der Waals surface area contributed by atoms with Crippen LogP contribution in [0.1, 0.15) is 51.9 Å². The highest BCUT2D eigenvalue weighted by atomic mass is 16.5. The lowest BCUT2D eigenvalue weighted by atomic mass is 10.1. The predicted molar refractivity (Wildman–Crippen MR) is 159 cm³/mol. The van der Waals surface area contributed by atoms with Crippen LogP contribution in [-0.4, -0.2) is 45.1 Å². The normalized spacial score (nSPS) is 11.0. The molecule has 7 nitrogen and oxygen atoms in total. The van der Waals surface area contributed by atoms with Crippen LogP contribution in [0.3, 0.4) is 0 Å². The summed E-state index contributed by atoms with van der Waals surface area (Å²) in [5.41, 5.74) is 6.59. The molecule has 0 fully saturated rings. The summed E-state index contributed by atoms with van der Waals surface area (Å²) in [6.07, 6.45) is 4.17. The molecule has 0 aliphatic heterocycles. The molecule has 0 unspecified atom stereocenters. The minimum Gasteiger partial charge on any atom is -0.489 e. The molecular weight excluding hydrogens is 516 g/mol. The third kappa shape index (κ3) is 9.29. The van der Waals surface area contributed by atoms with Crippen molar-refractivity contribution in [2.24, 2.45) is 0 Å². The van der Waals surface area contributed by atoms with E-state index < -0.39 is 11.9 Å². The Morgan fingerprint density at radius 1 is 0.829 bits per heavy atom. The van der Waals surface area contributed by atoms with Crippen LogP contribution >= 0.6 is 0 Å². The van der Waals surface area contributed by atoms with Gasteiger partial charge in [-0.05, 0) is 79.3 Å². The Labute approximate surface area is 241 Å². The number of aryl methyl sites for hydroxylation is 1. The van der Waals surface area contributed by atoms with Gasteiger partial charge in [0.1, 0.15) is 12.4 Å². The fraction of sp³-hybridized carbons (Fsp3) is 0.265. The zero-order valence-corrected chi connectivity index (χ0v) is 23.3.